The summed E-state index contributed by atoms with van der Waals surface area (Å²) in [6, 6.07) is 7.51. The number of carbonyl (C=O) groups excluding carboxylic acids is 1. The molecule has 2 nitrogen and oxygen atoms in total. The first kappa shape index (κ1) is 11.2. The zero-order valence-electron chi connectivity index (χ0n) is 8.29. The van der Waals surface area contributed by atoms with Gasteiger partial charge in [0.25, 0.3) is 0 Å². The van der Waals surface area contributed by atoms with Crippen molar-refractivity contribution in [2.75, 3.05) is 0 Å². The number of alkyl halides is 1. The second-order valence-electron chi connectivity index (χ2n) is 3.32. The van der Waals surface area contributed by atoms with Crippen molar-refractivity contribution in [2.24, 2.45) is 5.92 Å². The molecule has 0 saturated heterocycles. The fourth-order valence-electron chi connectivity index (χ4n) is 0.940. The van der Waals surface area contributed by atoms with Gasteiger partial charge in [-0.3, -0.25) is 4.79 Å². The predicted molar refractivity (Wildman–Crippen MR) is 59.5 cm³/mol. The molecule has 0 aromatic heterocycles. The fraction of sp³-hybridized carbons (Fsp3) is 0.364. The van der Waals surface area contributed by atoms with Gasteiger partial charge in [0.05, 0.1) is 5.92 Å². The highest BCUT2D eigenvalue weighted by atomic mass is 79.9. The minimum Gasteiger partial charge on any atom is -0.426 e. The maximum Gasteiger partial charge on any atom is 0.313 e. The molecule has 0 aliphatic rings. The molecule has 0 bridgehead atoms. The molecule has 0 fully saturated rings. The Labute approximate surface area is 92.4 Å². The van der Waals surface area contributed by atoms with Crippen LogP contribution in [0.4, 0.5) is 0 Å². The van der Waals surface area contributed by atoms with E-state index in [4.69, 9.17) is 4.74 Å². The molecular weight excluding hydrogens is 244 g/mol. The van der Waals surface area contributed by atoms with Crippen LogP contribution in [0.5, 0.6) is 5.75 Å². The van der Waals surface area contributed by atoms with Gasteiger partial charge in [-0.15, -0.1) is 0 Å². The largest absolute Gasteiger partial charge is 0.426 e. The number of hydrogen-bond acceptors (Lipinski definition) is 2. The molecule has 0 heterocycles. The molecule has 0 N–H and O–H groups in total. The van der Waals surface area contributed by atoms with Crippen LogP contribution >= 0.6 is 15.9 Å². The number of rotatable bonds is 3. The molecule has 14 heavy (non-hydrogen) atoms. The molecule has 1 rings (SSSR count). The molecule has 0 radical (unpaired) electrons. The molecule has 3 heteroatoms. The Morgan fingerprint density at radius 3 is 2.64 bits per heavy atom. The van der Waals surface area contributed by atoms with Crippen molar-refractivity contribution in [2.45, 2.75) is 19.2 Å². The van der Waals surface area contributed by atoms with Crippen LogP contribution in [0.1, 0.15) is 19.4 Å². The number of ether oxygens (including phenoxy) is 1. The topological polar surface area (TPSA) is 26.3 Å². The van der Waals surface area contributed by atoms with Crippen LogP contribution in [0.3, 0.4) is 0 Å². The Morgan fingerprint density at radius 1 is 1.43 bits per heavy atom. The van der Waals surface area contributed by atoms with Crippen molar-refractivity contribution >= 4 is 21.9 Å². The van der Waals surface area contributed by atoms with Crippen LogP contribution in [-0.2, 0) is 10.1 Å². The third kappa shape index (κ3) is 2.84. The lowest BCUT2D eigenvalue weighted by Gasteiger charge is -2.09. The Balaban J connectivity index is 2.80. The lowest BCUT2D eigenvalue weighted by molar-refractivity contribution is -0.137. The second-order valence-corrected chi connectivity index (χ2v) is 3.88. The SMILES string of the molecule is CC(C)C(=O)Oc1ccccc1CBr. The summed E-state index contributed by atoms with van der Waals surface area (Å²) in [7, 11) is 0. The number of halogens is 1. The molecule has 76 valence electrons. The highest BCUT2D eigenvalue weighted by Gasteiger charge is 2.11. The lowest BCUT2D eigenvalue weighted by atomic mass is 10.2. The average molecular weight is 257 g/mol. The van der Waals surface area contributed by atoms with Gasteiger partial charge in [0.1, 0.15) is 5.75 Å². The minimum atomic E-state index is -0.196. The highest BCUT2D eigenvalue weighted by molar-refractivity contribution is 9.08. The van der Waals surface area contributed by atoms with E-state index in [1.807, 2.05) is 32.0 Å². The van der Waals surface area contributed by atoms with Gasteiger partial charge in [-0.05, 0) is 6.07 Å². The predicted octanol–water partition coefficient (Wildman–Crippen LogP) is 3.14. The number of esters is 1. The summed E-state index contributed by atoms with van der Waals surface area (Å²) in [6.07, 6.45) is 0. The van der Waals surface area contributed by atoms with Gasteiger partial charge in [0.15, 0.2) is 0 Å². The number of hydrogen-bond donors (Lipinski definition) is 0. The third-order valence-corrected chi connectivity index (χ3v) is 2.40. The zero-order valence-corrected chi connectivity index (χ0v) is 9.87. The number of benzene rings is 1. The molecule has 0 atom stereocenters. The quantitative estimate of drug-likeness (QED) is 0.472. The van der Waals surface area contributed by atoms with Gasteiger partial charge < -0.3 is 4.74 Å². The number of para-hydroxylation sites is 1. The van der Waals surface area contributed by atoms with Gasteiger partial charge in [0.2, 0.25) is 0 Å². The van der Waals surface area contributed by atoms with Crippen LogP contribution < -0.4 is 4.74 Å². The van der Waals surface area contributed by atoms with Crippen LogP contribution in [0.15, 0.2) is 24.3 Å². The molecule has 0 amide bonds. The van der Waals surface area contributed by atoms with Gasteiger partial charge in [-0.1, -0.05) is 48.0 Å². The van der Waals surface area contributed by atoms with E-state index in [1.165, 1.54) is 0 Å². The van der Waals surface area contributed by atoms with Crippen molar-refractivity contribution in [3.63, 3.8) is 0 Å². The summed E-state index contributed by atoms with van der Waals surface area (Å²) in [5.74, 6) is 0.347. The van der Waals surface area contributed by atoms with E-state index >= 15 is 0 Å². The smallest absolute Gasteiger partial charge is 0.313 e. The first-order valence-corrected chi connectivity index (χ1v) is 5.63. The zero-order chi connectivity index (χ0) is 10.6. The Bertz CT molecular complexity index is 321. The second kappa shape index (κ2) is 5.15. The summed E-state index contributed by atoms with van der Waals surface area (Å²) in [5, 5.41) is 0.689. The van der Waals surface area contributed by atoms with E-state index in [9.17, 15) is 4.79 Å². The normalized spacial score (nSPS) is 10.3. The maximum absolute atomic E-state index is 11.3. The van der Waals surface area contributed by atoms with Gasteiger partial charge >= 0.3 is 5.97 Å². The monoisotopic (exact) mass is 256 g/mol. The maximum atomic E-state index is 11.3. The first-order chi connectivity index (χ1) is 6.65. The highest BCUT2D eigenvalue weighted by Crippen LogP contribution is 2.21. The molecule has 0 spiro atoms. The fourth-order valence-corrected chi connectivity index (χ4v) is 1.40. The minimum absolute atomic E-state index is 0.0987. The molecule has 0 aliphatic heterocycles. The Kier molecular flexibility index (Phi) is 4.14. The van der Waals surface area contributed by atoms with Crippen LogP contribution in [0.25, 0.3) is 0 Å². The molecule has 0 unspecified atom stereocenters. The first-order valence-electron chi connectivity index (χ1n) is 4.50. The van der Waals surface area contributed by atoms with Crippen molar-refractivity contribution < 1.29 is 9.53 Å². The molecule has 1 aromatic rings. The third-order valence-electron chi connectivity index (χ3n) is 1.80. The molecule has 0 aliphatic carbocycles. The summed E-state index contributed by atoms with van der Waals surface area (Å²) < 4.78 is 5.23. The average Bonchev–Trinajstić information content (AvgIpc) is 2.18. The Morgan fingerprint density at radius 2 is 2.07 bits per heavy atom. The van der Waals surface area contributed by atoms with Crippen molar-refractivity contribution in [1.29, 1.82) is 0 Å². The van der Waals surface area contributed by atoms with Gasteiger partial charge in [-0.25, -0.2) is 0 Å². The van der Waals surface area contributed by atoms with E-state index in [2.05, 4.69) is 15.9 Å². The van der Waals surface area contributed by atoms with E-state index in [0.29, 0.717) is 11.1 Å². The van der Waals surface area contributed by atoms with Gasteiger partial charge in [0, 0.05) is 10.9 Å². The van der Waals surface area contributed by atoms with Crippen LogP contribution in [0, 0.1) is 5.92 Å². The van der Waals surface area contributed by atoms with E-state index in [1.54, 1.807) is 6.07 Å². The van der Waals surface area contributed by atoms with E-state index in [-0.39, 0.29) is 11.9 Å². The van der Waals surface area contributed by atoms with Crippen LogP contribution in [0.2, 0.25) is 0 Å². The summed E-state index contributed by atoms with van der Waals surface area (Å²) in [5.41, 5.74) is 0.988. The van der Waals surface area contributed by atoms with E-state index in [0.717, 1.165) is 5.56 Å². The lowest BCUT2D eigenvalue weighted by Crippen LogP contribution is -2.15. The number of carbonyl (C=O) groups is 1. The van der Waals surface area contributed by atoms with Crippen LogP contribution in [-0.4, -0.2) is 5.97 Å². The summed E-state index contributed by atoms with van der Waals surface area (Å²) in [6.45, 7) is 3.64. The standard InChI is InChI=1S/C11H13BrO2/c1-8(2)11(13)14-10-6-4-3-5-9(10)7-12/h3-6,8H,7H2,1-2H3. The van der Waals surface area contributed by atoms with Crippen molar-refractivity contribution in [3.8, 4) is 5.75 Å². The van der Waals surface area contributed by atoms with Crippen molar-refractivity contribution in [1.82, 2.24) is 0 Å². The summed E-state index contributed by atoms with van der Waals surface area (Å²) >= 11 is 3.34. The van der Waals surface area contributed by atoms with Crippen molar-refractivity contribution in [3.05, 3.63) is 29.8 Å². The molecule has 1 aromatic carbocycles. The van der Waals surface area contributed by atoms with E-state index < -0.39 is 0 Å². The Hall–Kier alpha value is -0.830. The molecular formula is C11H13BrO2. The van der Waals surface area contributed by atoms with Gasteiger partial charge in [-0.2, -0.15) is 0 Å². The summed E-state index contributed by atoms with van der Waals surface area (Å²) in [4.78, 5) is 11.3. The molecule has 0 saturated carbocycles.